The van der Waals surface area contributed by atoms with Crippen molar-refractivity contribution in [2.45, 2.75) is 13.0 Å². The number of phenolic OH excluding ortho intramolecular Hbond substituents is 1. The number of rotatable bonds is 2. The number of nitrogens with zero attached hydrogens (tertiary/aromatic N) is 3. The van der Waals surface area contributed by atoms with E-state index in [1.165, 1.54) is 16.2 Å². The highest BCUT2D eigenvalue weighted by Gasteiger charge is 2.22. The van der Waals surface area contributed by atoms with Crippen LogP contribution in [0.1, 0.15) is 21.6 Å². The van der Waals surface area contributed by atoms with Crippen LogP contribution >= 0.6 is 51.3 Å². The Morgan fingerprint density at radius 3 is 2.96 bits per heavy atom. The van der Waals surface area contributed by atoms with Crippen molar-refractivity contribution in [3.63, 3.8) is 0 Å². The van der Waals surface area contributed by atoms with E-state index in [-0.39, 0.29) is 23.2 Å². The van der Waals surface area contributed by atoms with Gasteiger partial charge in [0.05, 0.1) is 10.6 Å². The van der Waals surface area contributed by atoms with Crippen LogP contribution in [-0.4, -0.2) is 29.8 Å². The van der Waals surface area contributed by atoms with Gasteiger partial charge in [-0.15, -0.1) is 23.7 Å². The van der Waals surface area contributed by atoms with E-state index in [2.05, 4.69) is 38.9 Å². The molecule has 0 fully saturated rings. The SMILES string of the molecule is CN1CCc2c(sc(N=Cc3cc(Br)cc(Cl)c3O)c2C#N)C1.Cl. The minimum atomic E-state index is -0.0156. The molecular formula is C16H14BrCl2N3OS. The van der Waals surface area contributed by atoms with E-state index in [0.717, 1.165) is 29.5 Å². The largest absolute Gasteiger partial charge is 0.506 e. The van der Waals surface area contributed by atoms with E-state index in [1.807, 2.05) is 0 Å². The molecule has 2 aromatic rings. The molecule has 2 heterocycles. The van der Waals surface area contributed by atoms with Gasteiger partial charge >= 0.3 is 0 Å². The lowest BCUT2D eigenvalue weighted by molar-refractivity contribution is 0.317. The Bertz CT molecular complexity index is 845. The molecule has 0 unspecified atom stereocenters. The predicted octanol–water partition coefficient (Wildman–Crippen LogP) is 4.90. The number of aliphatic imine (C=N–C) groups is 1. The van der Waals surface area contributed by atoms with Gasteiger partial charge < -0.3 is 10.0 Å². The number of nitriles is 1. The first-order valence-electron chi connectivity index (χ1n) is 6.95. The minimum absolute atomic E-state index is 0. The molecule has 1 aliphatic rings. The van der Waals surface area contributed by atoms with E-state index in [9.17, 15) is 10.4 Å². The molecule has 0 radical (unpaired) electrons. The zero-order valence-electron chi connectivity index (χ0n) is 12.7. The number of halogens is 3. The van der Waals surface area contributed by atoms with Gasteiger partial charge in [-0.3, -0.25) is 0 Å². The van der Waals surface area contributed by atoms with Gasteiger partial charge in [0.1, 0.15) is 16.8 Å². The fraction of sp³-hybridized carbons (Fsp3) is 0.250. The first-order chi connectivity index (χ1) is 11.0. The molecule has 0 bridgehead atoms. The van der Waals surface area contributed by atoms with Crippen molar-refractivity contribution < 1.29 is 5.11 Å². The zero-order chi connectivity index (χ0) is 16.6. The maximum absolute atomic E-state index is 10.0. The Hall–Kier alpha value is -1.10. The molecular weight excluding hydrogens is 433 g/mol. The molecule has 126 valence electrons. The highest BCUT2D eigenvalue weighted by molar-refractivity contribution is 9.10. The summed E-state index contributed by atoms with van der Waals surface area (Å²) < 4.78 is 0.759. The van der Waals surface area contributed by atoms with Crippen molar-refractivity contribution >= 4 is 62.5 Å². The first kappa shape index (κ1) is 19.2. The zero-order valence-corrected chi connectivity index (χ0v) is 16.7. The summed E-state index contributed by atoms with van der Waals surface area (Å²) in [4.78, 5) is 7.86. The van der Waals surface area contributed by atoms with Crippen molar-refractivity contribution in [3.8, 4) is 11.8 Å². The molecule has 1 aromatic carbocycles. The van der Waals surface area contributed by atoms with Gasteiger partial charge in [-0.25, -0.2) is 4.99 Å². The van der Waals surface area contributed by atoms with E-state index >= 15 is 0 Å². The number of fused-ring (bicyclic) bond motifs is 1. The number of hydrogen-bond donors (Lipinski definition) is 1. The van der Waals surface area contributed by atoms with Gasteiger partial charge in [0.15, 0.2) is 0 Å². The molecule has 0 amide bonds. The Morgan fingerprint density at radius 1 is 1.50 bits per heavy atom. The number of likely N-dealkylation sites (N-methyl/N-ethyl adjacent to an activating group) is 1. The third-order valence-corrected chi connectivity index (χ3v) is 5.59. The molecule has 3 rings (SSSR count). The monoisotopic (exact) mass is 445 g/mol. The summed E-state index contributed by atoms with van der Waals surface area (Å²) in [5.74, 6) is -0.0156. The number of benzene rings is 1. The van der Waals surface area contributed by atoms with Crippen molar-refractivity contribution in [3.05, 3.63) is 43.2 Å². The van der Waals surface area contributed by atoms with Crippen LogP contribution < -0.4 is 0 Å². The van der Waals surface area contributed by atoms with Crippen molar-refractivity contribution in [2.24, 2.45) is 4.99 Å². The molecule has 0 spiro atoms. The average molecular weight is 447 g/mol. The summed E-state index contributed by atoms with van der Waals surface area (Å²) in [5, 5.41) is 20.4. The Labute approximate surface area is 163 Å². The summed E-state index contributed by atoms with van der Waals surface area (Å²) >= 11 is 10.8. The van der Waals surface area contributed by atoms with Gasteiger partial charge in [-0.05, 0) is 31.2 Å². The third-order valence-electron chi connectivity index (χ3n) is 3.72. The normalized spacial score (nSPS) is 14.2. The highest BCUT2D eigenvalue weighted by Crippen LogP contribution is 2.38. The Morgan fingerprint density at radius 2 is 2.25 bits per heavy atom. The van der Waals surface area contributed by atoms with Crippen molar-refractivity contribution in [2.75, 3.05) is 13.6 Å². The molecule has 1 N–H and O–H groups in total. The van der Waals surface area contributed by atoms with Crippen LogP contribution in [0.3, 0.4) is 0 Å². The van der Waals surface area contributed by atoms with Gasteiger partial charge in [-0.1, -0.05) is 27.5 Å². The Kier molecular flexibility index (Phi) is 6.29. The molecule has 4 nitrogen and oxygen atoms in total. The third kappa shape index (κ3) is 3.76. The first-order valence-corrected chi connectivity index (χ1v) is 8.93. The van der Waals surface area contributed by atoms with Gasteiger partial charge in [0, 0.05) is 34.2 Å². The van der Waals surface area contributed by atoms with Crippen LogP contribution in [-0.2, 0) is 13.0 Å². The fourth-order valence-electron chi connectivity index (χ4n) is 2.54. The second kappa shape index (κ2) is 7.85. The summed E-state index contributed by atoms with van der Waals surface area (Å²) in [5.41, 5.74) is 2.27. The molecule has 8 heteroatoms. The van der Waals surface area contributed by atoms with Gasteiger partial charge in [0.25, 0.3) is 0 Å². The number of thiophene rings is 1. The second-order valence-corrected chi connectivity index (χ2v) is 7.77. The number of aromatic hydroxyl groups is 1. The van der Waals surface area contributed by atoms with E-state index in [0.29, 0.717) is 16.1 Å². The number of phenols is 1. The second-order valence-electron chi connectivity index (χ2n) is 5.37. The lowest BCUT2D eigenvalue weighted by atomic mass is 10.0. The van der Waals surface area contributed by atoms with Gasteiger partial charge in [-0.2, -0.15) is 5.26 Å². The Balaban J connectivity index is 0.00000208. The average Bonchev–Trinajstić information content (AvgIpc) is 2.85. The molecule has 0 atom stereocenters. The van der Waals surface area contributed by atoms with E-state index < -0.39 is 0 Å². The van der Waals surface area contributed by atoms with Crippen molar-refractivity contribution in [1.29, 1.82) is 5.26 Å². The highest BCUT2D eigenvalue weighted by atomic mass is 79.9. The number of hydrogen-bond acceptors (Lipinski definition) is 5. The maximum Gasteiger partial charge on any atom is 0.143 e. The summed E-state index contributed by atoms with van der Waals surface area (Å²) in [6.07, 6.45) is 2.42. The topological polar surface area (TPSA) is 59.6 Å². The lowest BCUT2D eigenvalue weighted by Crippen LogP contribution is -2.25. The fourth-order valence-corrected chi connectivity index (χ4v) is 4.59. The molecule has 0 aliphatic carbocycles. The summed E-state index contributed by atoms with van der Waals surface area (Å²) in [7, 11) is 2.07. The quantitative estimate of drug-likeness (QED) is 0.667. The summed E-state index contributed by atoms with van der Waals surface area (Å²) in [6, 6.07) is 5.63. The van der Waals surface area contributed by atoms with E-state index in [4.69, 9.17) is 11.6 Å². The minimum Gasteiger partial charge on any atom is -0.506 e. The van der Waals surface area contributed by atoms with E-state index in [1.54, 1.807) is 18.3 Å². The summed E-state index contributed by atoms with van der Waals surface area (Å²) in [6.45, 7) is 1.79. The molecule has 0 saturated heterocycles. The lowest BCUT2D eigenvalue weighted by Gasteiger charge is -2.21. The maximum atomic E-state index is 10.0. The van der Waals surface area contributed by atoms with Crippen LogP contribution in [0, 0.1) is 11.3 Å². The van der Waals surface area contributed by atoms with Crippen LogP contribution in [0.4, 0.5) is 5.00 Å². The molecule has 1 aliphatic heterocycles. The van der Waals surface area contributed by atoms with Crippen LogP contribution in [0.2, 0.25) is 5.02 Å². The molecule has 24 heavy (non-hydrogen) atoms. The smallest absolute Gasteiger partial charge is 0.143 e. The van der Waals surface area contributed by atoms with Crippen molar-refractivity contribution in [1.82, 2.24) is 4.90 Å². The van der Waals surface area contributed by atoms with Crippen LogP contribution in [0.5, 0.6) is 5.75 Å². The van der Waals surface area contributed by atoms with Crippen LogP contribution in [0.25, 0.3) is 0 Å². The van der Waals surface area contributed by atoms with Crippen LogP contribution in [0.15, 0.2) is 21.6 Å². The molecule has 0 saturated carbocycles. The molecule has 1 aromatic heterocycles. The standard InChI is InChI=1S/C16H13BrClN3OS.ClH/c1-21-3-2-11-12(6-19)16(23-14(11)8-21)20-7-9-4-10(17)5-13(18)15(9)22;/h4-5,7,22H,2-3,8H2,1H3;1H. The van der Waals surface area contributed by atoms with Gasteiger partial charge in [0.2, 0.25) is 0 Å². The predicted molar refractivity (Wildman–Crippen MR) is 104 cm³/mol.